The number of rotatable bonds is 3. The number of nitrogens with one attached hydrogen (secondary N) is 1. The molecule has 28 heavy (non-hydrogen) atoms. The molecule has 0 bridgehead atoms. The maximum Gasteiger partial charge on any atom is 0.261 e. The molecule has 4 rings (SSSR count). The first-order valence-electron chi connectivity index (χ1n) is 8.24. The number of benzene rings is 3. The number of ketones is 1. The van der Waals surface area contributed by atoms with Gasteiger partial charge in [0.05, 0.1) is 10.6 Å². The highest BCUT2D eigenvalue weighted by Crippen LogP contribution is 2.38. The van der Waals surface area contributed by atoms with E-state index in [2.05, 4.69) is 4.72 Å². The van der Waals surface area contributed by atoms with Gasteiger partial charge in [0.15, 0.2) is 5.78 Å². The molecule has 1 aliphatic rings. The quantitative estimate of drug-likeness (QED) is 0.674. The van der Waals surface area contributed by atoms with E-state index in [4.69, 9.17) is 0 Å². The molecule has 0 aromatic heterocycles. The summed E-state index contributed by atoms with van der Waals surface area (Å²) in [6.07, 6.45) is 0.0631. The summed E-state index contributed by atoms with van der Waals surface area (Å²) in [7, 11) is -4.11. The Labute approximate surface area is 164 Å². The van der Waals surface area contributed by atoms with Gasteiger partial charge in [0.1, 0.15) is 11.6 Å². The summed E-state index contributed by atoms with van der Waals surface area (Å²) in [5, 5.41) is 0. The van der Waals surface area contributed by atoms with E-state index in [0.717, 1.165) is 21.9 Å². The summed E-state index contributed by atoms with van der Waals surface area (Å²) in [5.41, 5.74) is 0.822. The first-order valence-corrected chi connectivity index (χ1v) is 10.5. The van der Waals surface area contributed by atoms with E-state index >= 15 is 0 Å². The fourth-order valence-electron chi connectivity index (χ4n) is 2.91. The van der Waals surface area contributed by atoms with Crippen molar-refractivity contribution in [3.8, 4) is 0 Å². The summed E-state index contributed by atoms with van der Waals surface area (Å²) < 4.78 is 54.3. The number of Topliss-reactive ketones (excluding diaryl/α,β-unsaturated/α-hetero) is 1. The molecule has 3 aromatic rings. The average molecular weight is 417 g/mol. The SMILES string of the molecule is O=C1Cc2cc(S(=O)(=O)Nc3ccc(F)cc3F)ccc2Sc2ccccc21. The van der Waals surface area contributed by atoms with Crippen molar-refractivity contribution in [1.29, 1.82) is 0 Å². The van der Waals surface area contributed by atoms with Gasteiger partial charge in [-0.2, -0.15) is 0 Å². The minimum atomic E-state index is -4.11. The van der Waals surface area contributed by atoms with Crippen LogP contribution in [-0.4, -0.2) is 14.2 Å². The Hall–Kier alpha value is -2.71. The van der Waals surface area contributed by atoms with Crippen LogP contribution in [0.1, 0.15) is 15.9 Å². The predicted octanol–water partition coefficient (Wildman–Crippen LogP) is 4.66. The number of fused-ring (bicyclic) bond motifs is 2. The second-order valence-electron chi connectivity index (χ2n) is 6.20. The maximum atomic E-state index is 13.8. The van der Waals surface area contributed by atoms with Gasteiger partial charge < -0.3 is 0 Å². The summed E-state index contributed by atoms with van der Waals surface area (Å²) in [4.78, 5) is 14.0. The zero-order chi connectivity index (χ0) is 19.9. The largest absolute Gasteiger partial charge is 0.294 e. The van der Waals surface area contributed by atoms with Crippen molar-refractivity contribution in [3.63, 3.8) is 0 Å². The van der Waals surface area contributed by atoms with Crippen molar-refractivity contribution < 1.29 is 22.0 Å². The lowest BCUT2D eigenvalue weighted by Crippen LogP contribution is -2.15. The van der Waals surface area contributed by atoms with Crippen LogP contribution in [-0.2, 0) is 16.4 Å². The summed E-state index contributed by atoms with van der Waals surface area (Å²) in [5.74, 6) is -1.92. The molecule has 0 radical (unpaired) electrons. The van der Waals surface area contributed by atoms with Crippen molar-refractivity contribution >= 4 is 33.3 Å². The first kappa shape index (κ1) is 18.6. The molecular formula is C20H13F2NO3S2. The Morgan fingerprint density at radius 1 is 0.929 bits per heavy atom. The number of halogens is 2. The second kappa shape index (κ2) is 7.03. The summed E-state index contributed by atoms with van der Waals surface area (Å²) in [6, 6.07) is 14.2. The zero-order valence-corrected chi connectivity index (χ0v) is 15.9. The van der Waals surface area contributed by atoms with Gasteiger partial charge in [0.25, 0.3) is 10.0 Å². The smallest absolute Gasteiger partial charge is 0.261 e. The van der Waals surface area contributed by atoms with Crippen LogP contribution in [0, 0.1) is 11.6 Å². The molecular weight excluding hydrogens is 404 g/mol. The Bertz CT molecular complexity index is 1210. The number of hydrogen-bond acceptors (Lipinski definition) is 4. The average Bonchev–Trinajstić information content (AvgIpc) is 2.79. The Kier molecular flexibility index (Phi) is 4.68. The van der Waals surface area contributed by atoms with Crippen molar-refractivity contribution in [2.75, 3.05) is 4.72 Å². The van der Waals surface area contributed by atoms with Crippen LogP contribution in [0.2, 0.25) is 0 Å². The molecule has 1 heterocycles. The second-order valence-corrected chi connectivity index (χ2v) is 8.96. The standard InChI is InChI=1S/C20H13F2NO3S2/c21-13-5-7-17(16(22)11-13)23-28(25,26)14-6-8-19-12(9-14)10-18(24)15-3-1-2-4-20(15)27-19/h1-9,11,23H,10H2. The molecule has 3 aromatic carbocycles. The van der Waals surface area contributed by atoms with Crippen LogP contribution < -0.4 is 4.72 Å². The molecule has 0 unspecified atom stereocenters. The van der Waals surface area contributed by atoms with Crippen molar-refractivity contribution in [1.82, 2.24) is 0 Å². The highest BCUT2D eigenvalue weighted by molar-refractivity contribution is 7.99. The molecule has 0 saturated carbocycles. The van der Waals surface area contributed by atoms with Crippen molar-refractivity contribution in [3.05, 3.63) is 83.4 Å². The van der Waals surface area contributed by atoms with Gasteiger partial charge >= 0.3 is 0 Å². The third-order valence-electron chi connectivity index (χ3n) is 4.28. The molecule has 1 aliphatic heterocycles. The molecule has 0 aliphatic carbocycles. The van der Waals surface area contributed by atoms with Gasteiger partial charge in [0, 0.05) is 27.8 Å². The molecule has 142 valence electrons. The lowest BCUT2D eigenvalue weighted by atomic mass is 10.0. The Morgan fingerprint density at radius 3 is 2.50 bits per heavy atom. The minimum Gasteiger partial charge on any atom is -0.294 e. The number of hydrogen-bond donors (Lipinski definition) is 1. The highest BCUT2D eigenvalue weighted by Gasteiger charge is 2.23. The van der Waals surface area contributed by atoms with E-state index in [-0.39, 0.29) is 22.8 Å². The van der Waals surface area contributed by atoms with Gasteiger partial charge in [0.2, 0.25) is 0 Å². The number of carbonyl (C=O) groups excluding carboxylic acids is 1. The van der Waals surface area contributed by atoms with Crippen LogP contribution in [0.15, 0.2) is 75.4 Å². The molecule has 1 N–H and O–H groups in total. The fraction of sp³-hybridized carbons (Fsp3) is 0.0500. The van der Waals surface area contributed by atoms with Crippen LogP contribution in [0.4, 0.5) is 14.5 Å². The van der Waals surface area contributed by atoms with Gasteiger partial charge in [-0.3, -0.25) is 9.52 Å². The van der Waals surface area contributed by atoms with Crippen LogP contribution in [0.5, 0.6) is 0 Å². The molecule has 0 amide bonds. The van der Waals surface area contributed by atoms with E-state index < -0.39 is 21.7 Å². The molecule has 0 fully saturated rings. The van der Waals surface area contributed by atoms with E-state index in [1.54, 1.807) is 18.2 Å². The van der Waals surface area contributed by atoms with Crippen LogP contribution in [0.25, 0.3) is 0 Å². The number of carbonyl (C=O) groups is 1. The minimum absolute atomic E-state index is 0.0631. The van der Waals surface area contributed by atoms with E-state index in [1.165, 1.54) is 23.9 Å². The monoisotopic (exact) mass is 417 g/mol. The van der Waals surface area contributed by atoms with Crippen LogP contribution in [0.3, 0.4) is 0 Å². The molecule has 8 heteroatoms. The van der Waals surface area contributed by atoms with Crippen LogP contribution >= 0.6 is 11.8 Å². The van der Waals surface area contributed by atoms with Gasteiger partial charge in [-0.25, -0.2) is 17.2 Å². The number of anilines is 1. The van der Waals surface area contributed by atoms with Crippen molar-refractivity contribution in [2.45, 2.75) is 21.1 Å². The predicted molar refractivity (Wildman–Crippen MR) is 102 cm³/mol. The van der Waals surface area contributed by atoms with Gasteiger partial charge in [-0.05, 0) is 42.0 Å². The molecule has 0 saturated heterocycles. The Balaban J connectivity index is 1.69. The molecule has 4 nitrogen and oxygen atoms in total. The maximum absolute atomic E-state index is 13.8. The van der Waals surface area contributed by atoms with E-state index in [1.807, 2.05) is 12.1 Å². The normalized spacial score (nSPS) is 13.4. The topological polar surface area (TPSA) is 63.2 Å². The summed E-state index contributed by atoms with van der Waals surface area (Å²) >= 11 is 1.40. The first-order chi connectivity index (χ1) is 13.3. The molecule has 0 atom stereocenters. The zero-order valence-electron chi connectivity index (χ0n) is 14.3. The van der Waals surface area contributed by atoms with Crippen molar-refractivity contribution in [2.24, 2.45) is 0 Å². The van der Waals surface area contributed by atoms with Gasteiger partial charge in [-0.15, -0.1) is 0 Å². The van der Waals surface area contributed by atoms with E-state index in [9.17, 15) is 22.0 Å². The highest BCUT2D eigenvalue weighted by atomic mass is 32.2. The summed E-state index contributed by atoms with van der Waals surface area (Å²) in [6.45, 7) is 0. The van der Waals surface area contributed by atoms with E-state index in [0.29, 0.717) is 17.2 Å². The third kappa shape index (κ3) is 3.53. The molecule has 0 spiro atoms. The fourth-order valence-corrected chi connectivity index (χ4v) is 5.10. The lowest BCUT2D eigenvalue weighted by Gasteiger charge is -2.11. The lowest BCUT2D eigenvalue weighted by molar-refractivity contribution is 0.0990. The Morgan fingerprint density at radius 2 is 1.71 bits per heavy atom. The van der Waals surface area contributed by atoms with Gasteiger partial charge in [-0.1, -0.05) is 30.0 Å². The third-order valence-corrected chi connectivity index (χ3v) is 6.83. The number of sulfonamides is 1.